The first-order valence-electron chi connectivity index (χ1n) is 8.86. The first kappa shape index (κ1) is 25.8. The standard InChI is InChI=1S/C15H20F2N3O11P/c1-2-10(21)27-6-11(22)28-7-30-32(25,26)29-5-8-12(23)15(16,17)13(31-8)20-4-3-9(18)19-14(20)24/h3-4,8,12-13,23H,2,5-7H2,1H3,(H,25,26)(H2,18,19,24)/t8-,12-,13-/m1/s1. The lowest BCUT2D eigenvalue weighted by atomic mass is 10.1. The zero-order chi connectivity index (χ0) is 24.1. The molecule has 0 saturated carbocycles. The second-order valence-electron chi connectivity index (χ2n) is 6.23. The van der Waals surface area contributed by atoms with Crippen LogP contribution in [0.15, 0.2) is 17.1 Å². The molecule has 4 atom stereocenters. The number of nitrogens with two attached hydrogens (primary N) is 1. The van der Waals surface area contributed by atoms with Crippen molar-refractivity contribution in [2.75, 3.05) is 25.7 Å². The second-order valence-corrected chi connectivity index (χ2v) is 7.68. The fraction of sp³-hybridized carbons (Fsp3) is 0.600. The summed E-state index contributed by atoms with van der Waals surface area (Å²) in [4.78, 5) is 46.8. The van der Waals surface area contributed by atoms with Crippen LogP contribution in [0.1, 0.15) is 19.6 Å². The van der Waals surface area contributed by atoms with Gasteiger partial charge in [0.15, 0.2) is 12.7 Å². The predicted octanol–water partition coefficient (Wildman–Crippen LogP) is -0.693. The molecule has 32 heavy (non-hydrogen) atoms. The average Bonchev–Trinajstić information content (AvgIpc) is 2.94. The Morgan fingerprint density at radius 3 is 2.66 bits per heavy atom. The number of phosphoric ester groups is 1. The molecule has 0 aromatic carbocycles. The number of nitrogen functional groups attached to an aromatic ring is 1. The van der Waals surface area contributed by atoms with Crippen LogP contribution in [-0.2, 0) is 37.4 Å². The van der Waals surface area contributed by atoms with Gasteiger partial charge in [-0.3, -0.25) is 13.9 Å². The Morgan fingerprint density at radius 1 is 1.34 bits per heavy atom. The van der Waals surface area contributed by atoms with Crippen LogP contribution in [0.3, 0.4) is 0 Å². The molecule has 0 spiro atoms. The van der Waals surface area contributed by atoms with Crippen molar-refractivity contribution in [1.29, 1.82) is 0 Å². The third-order valence-corrected chi connectivity index (χ3v) is 4.87. The van der Waals surface area contributed by atoms with E-state index in [-0.39, 0.29) is 12.2 Å². The number of ether oxygens (including phenoxy) is 3. The van der Waals surface area contributed by atoms with Crippen molar-refractivity contribution in [3.8, 4) is 0 Å². The quantitative estimate of drug-likeness (QED) is 0.213. The summed E-state index contributed by atoms with van der Waals surface area (Å²) in [6, 6.07) is 1.05. The Kier molecular flexibility index (Phi) is 8.39. The molecule has 1 aromatic rings. The third kappa shape index (κ3) is 6.51. The van der Waals surface area contributed by atoms with Crippen LogP contribution in [0.25, 0.3) is 0 Å². The molecule has 1 aromatic heterocycles. The van der Waals surface area contributed by atoms with E-state index >= 15 is 0 Å². The van der Waals surface area contributed by atoms with Crippen LogP contribution in [0.2, 0.25) is 0 Å². The number of anilines is 1. The number of aromatic nitrogens is 2. The van der Waals surface area contributed by atoms with E-state index in [9.17, 15) is 37.7 Å². The molecule has 17 heteroatoms. The summed E-state index contributed by atoms with van der Waals surface area (Å²) in [5.74, 6) is -6.00. The molecule has 1 fully saturated rings. The Balaban J connectivity index is 1.89. The molecular weight excluding hydrogens is 467 g/mol. The van der Waals surface area contributed by atoms with Gasteiger partial charge in [-0.05, 0) is 6.07 Å². The van der Waals surface area contributed by atoms with Crippen LogP contribution in [-0.4, -0.2) is 69.6 Å². The fourth-order valence-electron chi connectivity index (χ4n) is 2.36. The van der Waals surface area contributed by atoms with E-state index in [1.54, 1.807) is 0 Å². The molecule has 180 valence electrons. The van der Waals surface area contributed by atoms with Crippen molar-refractivity contribution in [2.24, 2.45) is 0 Å². The van der Waals surface area contributed by atoms with E-state index < -0.39 is 69.8 Å². The number of carbonyl (C=O) groups excluding carboxylic acids is 2. The number of esters is 2. The van der Waals surface area contributed by atoms with Gasteiger partial charge in [-0.2, -0.15) is 13.8 Å². The minimum Gasteiger partial charge on any atom is -0.454 e. The van der Waals surface area contributed by atoms with Crippen LogP contribution in [0, 0.1) is 0 Å². The Morgan fingerprint density at radius 2 is 2.03 bits per heavy atom. The number of nitrogens with zero attached hydrogens (tertiary/aromatic N) is 2. The molecule has 0 aliphatic carbocycles. The molecule has 2 rings (SSSR count). The minimum absolute atomic E-state index is 0.0158. The van der Waals surface area contributed by atoms with Gasteiger partial charge in [0.2, 0.25) is 13.0 Å². The molecule has 1 aliphatic rings. The topological polar surface area (TPSA) is 199 Å². The van der Waals surface area contributed by atoms with Gasteiger partial charge in [0.1, 0.15) is 11.9 Å². The number of halogens is 2. The molecule has 2 heterocycles. The Labute approximate surface area is 178 Å². The maximum Gasteiger partial charge on any atom is 0.475 e. The predicted molar refractivity (Wildman–Crippen MR) is 96.8 cm³/mol. The van der Waals surface area contributed by atoms with E-state index in [1.165, 1.54) is 6.92 Å². The third-order valence-electron chi connectivity index (χ3n) is 3.96. The highest BCUT2D eigenvalue weighted by Crippen LogP contribution is 2.46. The number of phosphoric acid groups is 1. The molecule has 1 aliphatic heterocycles. The van der Waals surface area contributed by atoms with Gasteiger partial charge in [0.25, 0.3) is 0 Å². The van der Waals surface area contributed by atoms with Crippen LogP contribution >= 0.6 is 7.82 Å². The van der Waals surface area contributed by atoms with E-state index in [1.807, 2.05) is 0 Å². The molecule has 1 unspecified atom stereocenters. The lowest BCUT2D eigenvalue weighted by molar-refractivity contribution is -0.163. The number of hydrogen-bond donors (Lipinski definition) is 3. The number of alkyl halides is 2. The highest BCUT2D eigenvalue weighted by Gasteiger charge is 2.60. The van der Waals surface area contributed by atoms with Crippen molar-refractivity contribution in [3.63, 3.8) is 0 Å². The van der Waals surface area contributed by atoms with Gasteiger partial charge < -0.3 is 29.9 Å². The SMILES string of the molecule is CCC(=O)OCC(=O)OCOP(=O)(O)OC[C@H]1O[C@@H](n2ccc(N)nc2=O)C(F)(F)[C@@H]1O. The first-order chi connectivity index (χ1) is 14.9. The lowest BCUT2D eigenvalue weighted by Crippen LogP contribution is -2.41. The normalized spacial score (nSPS) is 24.0. The van der Waals surface area contributed by atoms with Gasteiger partial charge in [0.05, 0.1) is 6.61 Å². The summed E-state index contributed by atoms with van der Waals surface area (Å²) in [5, 5.41) is 9.83. The number of aliphatic hydroxyl groups excluding tert-OH is 1. The van der Waals surface area contributed by atoms with Crippen molar-refractivity contribution in [3.05, 3.63) is 22.7 Å². The van der Waals surface area contributed by atoms with Gasteiger partial charge >= 0.3 is 31.4 Å². The Bertz CT molecular complexity index is 943. The van der Waals surface area contributed by atoms with E-state index in [0.717, 1.165) is 12.3 Å². The fourth-order valence-corrected chi connectivity index (χ4v) is 2.95. The van der Waals surface area contributed by atoms with Gasteiger partial charge in [-0.1, -0.05) is 6.92 Å². The van der Waals surface area contributed by atoms with Gasteiger partial charge in [-0.25, -0.2) is 18.7 Å². The molecule has 0 amide bonds. The number of aliphatic hydroxyl groups is 1. The molecule has 0 bridgehead atoms. The zero-order valence-corrected chi connectivity index (χ0v) is 17.4. The van der Waals surface area contributed by atoms with E-state index in [2.05, 4.69) is 23.5 Å². The zero-order valence-electron chi connectivity index (χ0n) is 16.5. The largest absolute Gasteiger partial charge is 0.475 e. The number of rotatable bonds is 10. The van der Waals surface area contributed by atoms with Crippen molar-refractivity contribution in [2.45, 2.75) is 37.7 Å². The molecule has 0 radical (unpaired) electrons. The lowest BCUT2D eigenvalue weighted by Gasteiger charge is -2.20. The van der Waals surface area contributed by atoms with Crippen molar-refractivity contribution < 1.29 is 56.2 Å². The summed E-state index contributed by atoms with van der Waals surface area (Å²) >= 11 is 0. The van der Waals surface area contributed by atoms with Crippen LogP contribution in [0.5, 0.6) is 0 Å². The highest BCUT2D eigenvalue weighted by molar-refractivity contribution is 7.47. The Hall–Kier alpha value is -2.49. The highest BCUT2D eigenvalue weighted by atomic mass is 31.2. The summed E-state index contributed by atoms with van der Waals surface area (Å²) in [7, 11) is -4.94. The van der Waals surface area contributed by atoms with Crippen molar-refractivity contribution >= 4 is 25.6 Å². The number of hydrogen-bond acceptors (Lipinski definition) is 12. The summed E-state index contributed by atoms with van der Waals surface area (Å²) in [6.07, 6.45) is -5.77. The van der Waals surface area contributed by atoms with Crippen LogP contribution in [0.4, 0.5) is 14.6 Å². The number of carbonyl (C=O) groups is 2. The summed E-state index contributed by atoms with van der Waals surface area (Å²) < 4.78 is 63.5. The van der Waals surface area contributed by atoms with Crippen molar-refractivity contribution in [1.82, 2.24) is 9.55 Å². The monoisotopic (exact) mass is 487 g/mol. The second kappa shape index (κ2) is 10.4. The molecule has 14 nitrogen and oxygen atoms in total. The van der Waals surface area contributed by atoms with E-state index in [0.29, 0.717) is 4.57 Å². The minimum atomic E-state index is -4.94. The first-order valence-corrected chi connectivity index (χ1v) is 10.4. The summed E-state index contributed by atoms with van der Waals surface area (Å²) in [6.45, 7) is -1.41. The molecule has 1 saturated heterocycles. The van der Waals surface area contributed by atoms with Crippen LogP contribution < -0.4 is 11.4 Å². The smallest absolute Gasteiger partial charge is 0.454 e. The molecular formula is C15H20F2N3O11P. The average molecular weight is 487 g/mol. The van der Waals surface area contributed by atoms with E-state index in [4.69, 9.17) is 10.5 Å². The molecule has 4 N–H and O–H groups in total. The van der Waals surface area contributed by atoms with Gasteiger partial charge in [0, 0.05) is 12.6 Å². The summed E-state index contributed by atoms with van der Waals surface area (Å²) in [5.41, 5.74) is 4.12. The maximum atomic E-state index is 14.4. The van der Waals surface area contributed by atoms with Gasteiger partial charge in [-0.15, -0.1) is 0 Å². The maximum absolute atomic E-state index is 14.4.